The number of halogens is 3. The number of anilines is 1. The summed E-state index contributed by atoms with van der Waals surface area (Å²) in [5.41, 5.74) is -0.736. The number of benzene rings is 1. The lowest BCUT2D eigenvalue weighted by atomic mass is 9.94. The van der Waals surface area contributed by atoms with Crippen molar-refractivity contribution in [3.63, 3.8) is 0 Å². The minimum absolute atomic E-state index is 0.0801. The van der Waals surface area contributed by atoms with Crippen LogP contribution >= 0.6 is 0 Å². The Balaban J connectivity index is 1.19. The van der Waals surface area contributed by atoms with Gasteiger partial charge in [-0.15, -0.1) is 0 Å². The first-order valence-corrected chi connectivity index (χ1v) is 13.4. The Kier molecular flexibility index (Phi) is 7.37. The summed E-state index contributed by atoms with van der Waals surface area (Å²) in [6.45, 7) is 1.40. The third-order valence-corrected chi connectivity index (χ3v) is 7.53. The Morgan fingerprint density at radius 1 is 0.882 bits per heavy atom. The second-order valence-corrected chi connectivity index (χ2v) is 11.0. The zero-order valence-electron chi connectivity index (χ0n) is 19.0. The van der Waals surface area contributed by atoms with Crippen molar-refractivity contribution in [1.82, 2.24) is 4.98 Å². The normalized spacial score (nSPS) is 22.5. The molecule has 1 aromatic heterocycles. The topological polar surface area (TPSA) is 68.7 Å². The van der Waals surface area contributed by atoms with E-state index in [1.165, 1.54) is 12.3 Å². The van der Waals surface area contributed by atoms with Crippen LogP contribution in [0.2, 0.25) is 0 Å². The summed E-state index contributed by atoms with van der Waals surface area (Å²) in [5, 5.41) is 0. The van der Waals surface area contributed by atoms with E-state index in [1.54, 1.807) is 24.3 Å². The summed E-state index contributed by atoms with van der Waals surface area (Å²) in [7, 11) is -3.22. The summed E-state index contributed by atoms with van der Waals surface area (Å²) in [6.07, 6.45) is 3.23. The van der Waals surface area contributed by atoms with Gasteiger partial charge in [0.25, 0.3) is 0 Å². The fraction of sp³-hybridized carbons (Fsp3) is 0.542. The molecule has 4 rings (SSSR count). The van der Waals surface area contributed by atoms with E-state index in [4.69, 9.17) is 9.47 Å². The largest absolute Gasteiger partial charge is 0.490 e. The fourth-order valence-electron chi connectivity index (χ4n) is 4.48. The molecule has 0 radical (unpaired) electrons. The van der Waals surface area contributed by atoms with Gasteiger partial charge in [0.15, 0.2) is 9.84 Å². The summed E-state index contributed by atoms with van der Waals surface area (Å²) in [4.78, 5) is 6.27. The van der Waals surface area contributed by atoms with Crippen LogP contribution in [-0.4, -0.2) is 51.1 Å². The van der Waals surface area contributed by atoms with Gasteiger partial charge in [0.1, 0.15) is 11.6 Å². The van der Waals surface area contributed by atoms with E-state index in [9.17, 15) is 21.6 Å². The number of pyridine rings is 1. The number of rotatable bonds is 6. The van der Waals surface area contributed by atoms with Gasteiger partial charge in [0, 0.05) is 25.5 Å². The zero-order chi connectivity index (χ0) is 24.3. The molecule has 0 unspecified atom stereocenters. The van der Waals surface area contributed by atoms with Crippen molar-refractivity contribution in [1.29, 1.82) is 0 Å². The number of sulfone groups is 1. The van der Waals surface area contributed by atoms with E-state index in [1.807, 2.05) is 4.90 Å². The number of alkyl halides is 3. The van der Waals surface area contributed by atoms with Crippen molar-refractivity contribution >= 4 is 15.7 Å². The number of nitrogens with zero attached hydrogens (tertiary/aromatic N) is 2. The highest BCUT2D eigenvalue weighted by molar-refractivity contribution is 7.90. The van der Waals surface area contributed by atoms with E-state index < -0.39 is 21.6 Å². The molecule has 1 aliphatic heterocycles. The molecule has 2 heterocycles. The van der Waals surface area contributed by atoms with Gasteiger partial charge in [-0.3, -0.25) is 0 Å². The molecule has 2 aromatic rings. The van der Waals surface area contributed by atoms with E-state index in [0.29, 0.717) is 24.7 Å². The summed E-state index contributed by atoms with van der Waals surface area (Å²) in [6, 6.07) is 9.01. The predicted molar refractivity (Wildman–Crippen MR) is 122 cm³/mol. The molecule has 10 heteroatoms. The van der Waals surface area contributed by atoms with Crippen molar-refractivity contribution in [2.75, 3.05) is 24.2 Å². The van der Waals surface area contributed by atoms with Crippen LogP contribution in [0.4, 0.5) is 19.0 Å². The van der Waals surface area contributed by atoms with Crippen molar-refractivity contribution in [3.8, 4) is 5.75 Å². The predicted octanol–water partition coefficient (Wildman–Crippen LogP) is 4.88. The smallest absolute Gasteiger partial charge is 0.417 e. The van der Waals surface area contributed by atoms with Gasteiger partial charge >= 0.3 is 6.18 Å². The Morgan fingerprint density at radius 2 is 1.47 bits per heavy atom. The van der Waals surface area contributed by atoms with Crippen LogP contribution in [-0.2, 0) is 20.8 Å². The third-order valence-electron chi connectivity index (χ3n) is 6.40. The maximum Gasteiger partial charge on any atom is 0.417 e. The van der Waals surface area contributed by atoms with Crippen molar-refractivity contribution in [3.05, 3.63) is 48.2 Å². The molecular weight excluding hydrogens is 469 g/mol. The molecule has 1 saturated carbocycles. The SMILES string of the molecule is CS(=O)(=O)c1ccc(OC2CCC(OC3CCN(c4ccc(C(F)(F)F)cn4)CC3)CC2)cc1. The molecule has 1 aromatic carbocycles. The van der Waals surface area contributed by atoms with Crippen LogP contribution < -0.4 is 9.64 Å². The molecule has 6 nitrogen and oxygen atoms in total. The van der Waals surface area contributed by atoms with Gasteiger partial charge in [-0.25, -0.2) is 13.4 Å². The highest BCUT2D eigenvalue weighted by atomic mass is 32.2. The minimum Gasteiger partial charge on any atom is -0.490 e. The first kappa shape index (κ1) is 24.8. The van der Waals surface area contributed by atoms with Crippen LogP contribution in [0.25, 0.3) is 0 Å². The second-order valence-electron chi connectivity index (χ2n) is 8.99. The quantitative estimate of drug-likeness (QED) is 0.566. The highest BCUT2D eigenvalue weighted by Gasteiger charge is 2.31. The van der Waals surface area contributed by atoms with Crippen LogP contribution in [0.3, 0.4) is 0 Å². The first-order chi connectivity index (χ1) is 16.1. The number of piperidine rings is 1. The first-order valence-electron chi connectivity index (χ1n) is 11.5. The Morgan fingerprint density at radius 3 is 2.00 bits per heavy atom. The molecule has 0 N–H and O–H groups in total. The Bertz CT molecular complexity index is 1040. The summed E-state index contributed by atoms with van der Waals surface area (Å²) < 4.78 is 73.6. The molecule has 1 saturated heterocycles. The number of hydrogen-bond donors (Lipinski definition) is 0. The molecule has 1 aliphatic carbocycles. The van der Waals surface area contributed by atoms with Gasteiger partial charge in [0.05, 0.1) is 28.8 Å². The van der Waals surface area contributed by atoms with E-state index in [2.05, 4.69) is 4.98 Å². The number of aromatic nitrogens is 1. The standard InChI is InChI=1S/C24H29F3N2O4S/c1-34(30,31)22-9-7-20(8-10-22)32-18-3-5-19(6-4-18)33-21-12-14-29(15-13-21)23-11-2-17(16-28-23)24(25,26)27/h2,7-11,16,18-19,21H,3-6,12-15H2,1H3. The molecule has 2 fully saturated rings. The van der Waals surface area contributed by atoms with Crippen LogP contribution in [0.1, 0.15) is 44.1 Å². The van der Waals surface area contributed by atoms with Gasteiger partial charge in [-0.05, 0) is 74.9 Å². The van der Waals surface area contributed by atoms with Crippen molar-refractivity contribution in [2.45, 2.75) is 67.9 Å². The molecule has 2 aliphatic rings. The minimum atomic E-state index is -4.38. The second kappa shape index (κ2) is 10.1. The van der Waals surface area contributed by atoms with E-state index in [0.717, 1.165) is 50.8 Å². The van der Waals surface area contributed by atoms with E-state index in [-0.39, 0.29) is 23.2 Å². The molecule has 0 amide bonds. The monoisotopic (exact) mass is 498 g/mol. The summed E-state index contributed by atoms with van der Waals surface area (Å²) in [5.74, 6) is 1.23. The molecule has 0 spiro atoms. The highest BCUT2D eigenvalue weighted by Crippen LogP contribution is 2.31. The molecular formula is C24H29F3N2O4S. The van der Waals surface area contributed by atoms with Gasteiger partial charge < -0.3 is 14.4 Å². The van der Waals surface area contributed by atoms with Crippen molar-refractivity contribution in [2.24, 2.45) is 0 Å². The van der Waals surface area contributed by atoms with Gasteiger partial charge in [0.2, 0.25) is 0 Å². The van der Waals surface area contributed by atoms with E-state index >= 15 is 0 Å². The average Bonchev–Trinajstić information content (AvgIpc) is 2.80. The van der Waals surface area contributed by atoms with Crippen LogP contribution in [0.15, 0.2) is 47.5 Å². The molecule has 0 atom stereocenters. The lowest BCUT2D eigenvalue weighted by molar-refractivity contribution is -0.137. The number of ether oxygens (including phenoxy) is 2. The lowest BCUT2D eigenvalue weighted by Crippen LogP contribution is -2.40. The zero-order valence-corrected chi connectivity index (χ0v) is 19.8. The Labute approximate surface area is 198 Å². The molecule has 0 bridgehead atoms. The fourth-order valence-corrected chi connectivity index (χ4v) is 5.11. The summed E-state index contributed by atoms with van der Waals surface area (Å²) >= 11 is 0. The van der Waals surface area contributed by atoms with Crippen LogP contribution in [0.5, 0.6) is 5.75 Å². The van der Waals surface area contributed by atoms with Crippen LogP contribution in [0, 0.1) is 0 Å². The maximum absolute atomic E-state index is 12.7. The average molecular weight is 499 g/mol. The van der Waals surface area contributed by atoms with Gasteiger partial charge in [-0.2, -0.15) is 13.2 Å². The molecule has 34 heavy (non-hydrogen) atoms. The van der Waals surface area contributed by atoms with Gasteiger partial charge in [-0.1, -0.05) is 0 Å². The third kappa shape index (κ3) is 6.41. The maximum atomic E-state index is 12.7. The Hall–Kier alpha value is -2.33. The molecule has 186 valence electrons. The van der Waals surface area contributed by atoms with Crippen molar-refractivity contribution < 1.29 is 31.1 Å². The lowest BCUT2D eigenvalue weighted by Gasteiger charge is -2.36. The number of hydrogen-bond acceptors (Lipinski definition) is 6.